The lowest BCUT2D eigenvalue weighted by atomic mass is 10.1. The molecule has 0 aliphatic rings. The van der Waals surface area contributed by atoms with Gasteiger partial charge in [0.15, 0.2) is 0 Å². The SMILES string of the molecule is C=C(CCCC(=C)N(N)c1ccccc1)N(N)c1ccccc1. The highest BCUT2D eigenvalue weighted by atomic mass is 15.4. The Kier molecular flexibility index (Phi) is 5.97. The van der Waals surface area contributed by atoms with Gasteiger partial charge in [-0.25, -0.2) is 11.7 Å². The van der Waals surface area contributed by atoms with E-state index in [9.17, 15) is 0 Å². The van der Waals surface area contributed by atoms with Gasteiger partial charge in [0.25, 0.3) is 0 Å². The fraction of sp³-hybridized carbons (Fsp3) is 0.158. The molecule has 2 aromatic rings. The molecule has 0 radical (unpaired) electrons. The van der Waals surface area contributed by atoms with Crippen LogP contribution in [0.15, 0.2) is 85.2 Å². The van der Waals surface area contributed by atoms with E-state index in [1.54, 1.807) is 10.0 Å². The van der Waals surface area contributed by atoms with Crippen LogP contribution in [0.25, 0.3) is 0 Å². The van der Waals surface area contributed by atoms with E-state index < -0.39 is 0 Å². The van der Waals surface area contributed by atoms with Crippen LogP contribution in [0.2, 0.25) is 0 Å². The zero-order valence-corrected chi connectivity index (χ0v) is 13.4. The number of hydrazine groups is 2. The number of hydrogen-bond donors (Lipinski definition) is 2. The summed E-state index contributed by atoms with van der Waals surface area (Å²) in [5.74, 6) is 12.2. The van der Waals surface area contributed by atoms with Gasteiger partial charge in [0.05, 0.1) is 11.4 Å². The number of hydrogen-bond acceptors (Lipinski definition) is 4. The number of nitrogens with two attached hydrogens (primary N) is 2. The zero-order chi connectivity index (χ0) is 16.7. The van der Waals surface area contributed by atoms with Crippen LogP contribution in [0.1, 0.15) is 19.3 Å². The summed E-state index contributed by atoms with van der Waals surface area (Å²) in [5, 5.41) is 3.25. The summed E-state index contributed by atoms with van der Waals surface area (Å²) in [4.78, 5) is 0. The van der Waals surface area contributed by atoms with E-state index in [-0.39, 0.29) is 0 Å². The normalized spacial score (nSPS) is 10.2. The maximum absolute atomic E-state index is 6.08. The summed E-state index contributed by atoms with van der Waals surface area (Å²) in [6.45, 7) is 8.11. The second kappa shape index (κ2) is 8.17. The summed E-state index contributed by atoms with van der Waals surface area (Å²) in [6, 6.07) is 19.6. The molecule has 0 unspecified atom stereocenters. The zero-order valence-electron chi connectivity index (χ0n) is 13.4. The average Bonchev–Trinajstić information content (AvgIpc) is 2.61. The third-order valence-corrected chi connectivity index (χ3v) is 3.68. The van der Waals surface area contributed by atoms with Crippen molar-refractivity contribution in [2.24, 2.45) is 11.7 Å². The fourth-order valence-corrected chi connectivity index (χ4v) is 2.28. The van der Waals surface area contributed by atoms with Gasteiger partial charge in [-0.05, 0) is 43.5 Å². The molecule has 2 aromatic carbocycles. The van der Waals surface area contributed by atoms with E-state index in [0.717, 1.165) is 42.0 Å². The van der Waals surface area contributed by atoms with E-state index >= 15 is 0 Å². The van der Waals surface area contributed by atoms with Gasteiger partial charge in [0.1, 0.15) is 0 Å². The molecule has 120 valence electrons. The smallest absolute Gasteiger partial charge is 0.0571 e. The molecule has 0 saturated heterocycles. The topological polar surface area (TPSA) is 58.5 Å². The second-order valence-corrected chi connectivity index (χ2v) is 5.40. The molecule has 23 heavy (non-hydrogen) atoms. The number of nitrogens with zero attached hydrogens (tertiary/aromatic N) is 2. The Bertz CT molecular complexity index is 579. The molecule has 0 saturated carbocycles. The van der Waals surface area contributed by atoms with Crippen LogP contribution in [0.5, 0.6) is 0 Å². The molecule has 0 atom stereocenters. The number of rotatable bonds is 8. The van der Waals surface area contributed by atoms with Gasteiger partial charge in [-0.1, -0.05) is 49.6 Å². The summed E-state index contributed by atoms with van der Waals surface area (Å²) in [6.07, 6.45) is 2.46. The molecule has 0 aliphatic heterocycles. The average molecular weight is 308 g/mol. The number of benzene rings is 2. The monoisotopic (exact) mass is 308 g/mol. The lowest BCUT2D eigenvalue weighted by Gasteiger charge is -2.23. The van der Waals surface area contributed by atoms with Crippen molar-refractivity contribution in [2.75, 3.05) is 10.0 Å². The first-order chi connectivity index (χ1) is 11.1. The van der Waals surface area contributed by atoms with Crippen molar-refractivity contribution < 1.29 is 0 Å². The first kappa shape index (κ1) is 16.8. The van der Waals surface area contributed by atoms with Gasteiger partial charge in [-0.3, -0.25) is 10.0 Å². The highest BCUT2D eigenvalue weighted by Gasteiger charge is 2.08. The van der Waals surface area contributed by atoms with Crippen LogP contribution in [0.4, 0.5) is 11.4 Å². The maximum Gasteiger partial charge on any atom is 0.0571 e. The van der Waals surface area contributed by atoms with Crippen molar-refractivity contribution in [1.82, 2.24) is 0 Å². The van der Waals surface area contributed by atoms with Crippen molar-refractivity contribution in [1.29, 1.82) is 0 Å². The predicted octanol–water partition coefficient (Wildman–Crippen LogP) is 3.94. The van der Waals surface area contributed by atoms with E-state index in [1.807, 2.05) is 60.7 Å². The molecular formula is C19H24N4. The lowest BCUT2D eigenvalue weighted by molar-refractivity contribution is 0.749. The number of para-hydroxylation sites is 2. The molecule has 4 heteroatoms. The Morgan fingerprint density at radius 3 is 1.39 bits per heavy atom. The van der Waals surface area contributed by atoms with Crippen LogP contribution >= 0.6 is 0 Å². The van der Waals surface area contributed by atoms with E-state index in [2.05, 4.69) is 13.2 Å². The fourth-order valence-electron chi connectivity index (χ4n) is 2.28. The summed E-state index contributed by atoms with van der Waals surface area (Å²) >= 11 is 0. The van der Waals surface area contributed by atoms with Gasteiger partial charge < -0.3 is 0 Å². The standard InChI is InChI=1S/C19H24N4/c1-16(22(20)18-12-5-3-6-13-18)10-9-11-17(2)23(21)19-14-7-4-8-15-19/h3-8,12-15H,1-2,9-11,20-21H2. The molecule has 0 bridgehead atoms. The molecule has 0 amide bonds. The van der Waals surface area contributed by atoms with Crippen molar-refractivity contribution in [3.05, 3.63) is 85.2 Å². The first-order valence-electron chi connectivity index (χ1n) is 7.65. The molecule has 4 N–H and O–H groups in total. The van der Waals surface area contributed by atoms with Crippen LogP contribution in [0, 0.1) is 0 Å². The van der Waals surface area contributed by atoms with Crippen LogP contribution < -0.4 is 21.7 Å². The van der Waals surface area contributed by atoms with Gasteiger partial charge in [-0.2, -0.15) is 0 Å². The van der Waals surface area contributed by atoms with Crippen LogP contribution in [-0.2, 0) is 0 Å². The largest absolute Gasteiger partial charge is 0.284 e. The van der Waals surface area contributed by atoms with Gasteiger partial charge in [0.2, 0.25) is 0 Å². The molecule has 0 aliphatic carbocycles. The quantitative estimate of drug-likeness (QED) is 0.573. The van der Waals surface area contributed by atoms with E-state index in [1.165, 1.54) is 0 Å². The van der Waals surface area contributed by atoms with E-state index in [4.69, 9.17) is 11.7 Å². The van der Waals surface area contributed by atoms with E-state index in [0.29, 0.717) is 0 Å². The minimum Gasteiger partial charge on any atom is -0.284 e. The number of anilines is 2. The Morgan fingerprint density at radius 1 is 0.696 bits per heavy atom. The third kappa shape index (κ3) is 4.71. The first-order valence-corrected chi connectivity index (χ1v) is 7.65. The Labute approximate surface area is 138 Å². The third-order valence-electron chi connectivity index (χ3n) is 3.68. The Balaban J connectivity index is 1.80. The van der Waals surface area contributed by atoms with Gasteiger partial charge in [0, 0.05) is 11.4 Å². The minimum atomic E-state index is 0.785. The molecule has 2 rings (SSSR count). The van der Waals surface area contributed by atoms with Gasteiger partial charge >= 0.3 is 0 Å². The Morgan fingerprint density at radius 2 is 1.04 bits per heavy atom. The Hall–Kier alpha value is -2.56. The van der Waals surface area contributed by atoms with Crippen molar-refractivity contribution >= 4 is 11.4 Å². The molecule has 4 nitrogen and oxygen atoms in total. The van der Waals surface area contributed by atoms with Crippen molar-refractivity contribution in [3.63, 3.8) is 0 Å². The van der Waals surface area contributed by atoms with Crippen molar-refractivity contribution in [3.8, 4) is 0 Å². The van der Waals surface area contributed by atoms with Gasteiger partial charge in [-0.15, -0.1) is 0 Å². The highest BCUT2D eigenvalue weighted by molar-refractivity contribution is 5.50. The molecule has 0 aromatic heterocycles. The highest BCUT2D eigenvalue weighted by Crippen LogP contribution is 2.21. The number of allylic oxidation sites excluding steroid dienone is 2. The van der Waals surface area contributed by atoms with Crippen molar-refractivity contribution in [2.45, 2.75) is 19.3 Å². The minimum absolute atomic E-state index is 0.785. The predicted molar refractivity (Wildman–Crippen MR) is 98.3 cm³/mol. The molecule has 0 fully saturated rings. The van der Waals surface area contributed by atoms with Crippen LogP contribution in [-0.4, -0.2) is 0 Å². The molecule has 0 spiro atoms. The summed E-state index contributed by atoms with van der Waals surface area (Å²) in [5.41, 5.74) is 3.60. The molecular weight excluding hydrogens is 284 g/mol. The molecule has 0 heterocycles. The maximum atomic E-state index is 6.08. The summed E-state index contributed by atoms with van der Waals surface area (Å²) in [7, 11) is 0. The summed E-state index contributed by atoms with van der Waals surface area (Å²) < 4.78 is 0. The lowest BCUT2D eigenvalue weighted by Crippen LogP contribution is -2.30. The van der Waals surface area contributed by atoms with Crippen LogP contribution in [0.3, 0.4) is 0 Å². The second-order valence-electron chi connectivity index (χ2n) is 5.40.